The van der Waals surface area contributed by atoms with Gasteiger partial charge in [-0.15, -0.1) is 0 Å². The van der Waals surface area contributed by atoms with Crippen molar-refractivity contribution in [3.05, 3.63) is 95.2 Å². The van der Waals surface area contributed by atoms with Crippen molar-refractivity contribution in [1.29, 1.82) is 0 Å². The summed E-state index contributed by atoms with van der Waals surface area (Å²) in [5, 5.41) is 5.27. The second-order valence-corrected chi connectivity index (χ2v) is 8.99. The number of rotatable bonds is 6. The van der Waals surface area contributed by atoms with Gasteiger partial charge in [0.05, 0.1) is 15.6 Å². The highest BCUT2D eigenvalue weighted by atomic mass is 35.5. The van der Waals surface area contributed by atoms with Gasteiger partial charge in [0.2, 0.25) is 0 Å². The van der Waals surface area contributed by atoms with Crippen molar-refractivity contribution in [2.75, 3.05) is 4.72 Å². The second-order valence-electron chi connectivity index (χ2n) is 6.90. The summed E-state index contributed by atoms with van der Waals surface area (Å²) in [7, 11) is -3.95. The SMILES string of the molecule is CC(=NNC(=O)c1cccc(S(=O)(=O)Nc2ccccc2Cl)c1)c1cc2ccccc2o1. The Hall–Kier alpha value is -3.62. The van der Waals surface area contributed by atoms with Crippen LogP contribution in [-0.2, 0) is 10.0 Å². The molecular formula is C23H18ClN3O4S. The van der Waals surface area contributed by atoms with E-state index in [0.717, 1.165) is 5.39 Å². The Morgan fingerprint density at radius 2 is 1.72 bits per heavy atom. The number of hydrogen-bond acceptors (Lipinski definition) is 5. The van der Waals surface area contributed by atoms with Gasteiger partial charge in [0.25, 0.3) is 15.9 Å². The highest BCUT2D eigenvalue weighted by molar-refractivity contribution is 7.92. The first kappa shape index (κ1) is 21.6. The maximum Gasteiger partial charge on any atom is 0.271 e. The number of hydrogen-bond donors (Lipinski definition) is 2. The van der Waals surface area contributed by atoms with Gasteiger partial charge in [0, 0.05) is 10.9 Å². The summed E-state index contributed by atoms with van der Waals surface area (Å²) in [6.45, 7) is 1.70. The van der Waals surface area contributed by atoms with Crippen molar-refractivity contribution in [3.8, 4) is 0 Å². The smallest absolute Gasteiger partial charge is 0.271 e. The lowest BCUT2D eigenvalue weighted by Gasteiger charge is -2.10. The van der Waals surface area contributed by atoms with Gasteiger partial charge in [-0.1, -0.05) is 48.0 Å². The molecule has 0 saturated heterocycles. The minimum atomic E-state index is -3.95. The third-order valence-electron chi connectivity index (χ3n) is 4.63. The number of carbonyl (C=O) groups is 1. The van der Waals surface area contributed by atoms with Crippen molar-refractivity contribution in [3.63, 3.8) is 0 Å². The molecule has 0 aliphatic rings. The monoisotopic (exact) mass is 467 g/mol. The predicted molar refractivity (Wildman–Crippen MR) is 125 cm³/mol. The fourth-order valence-corrected chi connectivity index (χ4v) is 4.33. The first-order chi connectivity index (χ1) is 15.3. The lowest BCUT2D eigenvalue weighted by molar-refractivity contribution is 0.0954. The molecule has 4 rings (SSSR count). The van der Waals surface area contributed by atoms with Gasteiger partial charge in [0.1, 0.15) is 11.3 Å². The Balaban J connectivity index is 1.51. The molecule has 3 aromatic carbocycles. The van der Waals surface area contributed by atoms with E-state index >= 15 is 0 Å². The quantitative estimate of drug-likeness (QED) is 0.306. The normalized spacial score (nSPS) is 12.0. The number of fused-ring (bicyclic) bond motifs is 1. The topological polar surface area (TPSA) is 101 Å². The Bertz CT molecular complexity index is 1410. The first-order valence-electron chi connectivity index (χ1n) is 9.54. The summed E-state index contributed by atoms with van der Waals surface area (Å²) in [6.07, 6.45) is 0. The maximum absolute atomic E-state index is 12.7. The van der Waals surface area contributed by atoms with Crippen molar-refractivity contribution >= 4 is 49.9 Å². The van der Waals surface area contributed by atoms with Crippen LogP contribution in [0, 0.1) is 0 Å². The fraction of sp³-hybridized carbons (Fsp3) is 0.0435. The Morgan fingerprint density at radius 1 is 0.969 bits per heavy atom. The summed E-state index contributed by atoms with van der Waals surface area (Å²) in [5.41, 5.74) is 4.00. The molecule has 1 amide bonds. The maximum atomic E-state index is 12.7. The van der Waals surface area contributed by atoms with E-state index in [4.69, 9.17) is 16.0 Å². The summed E-state index contributed by atoms with van der Waals surface area (Å²) >= 11 is 6.03. The zero-order valence-corrected chi connectivity index (χ0v) is 18.4. The van der Waals surface area contributed by atoms with Gasteiger partial charge in [0.15, 0.2) is 5.76 Å². The van der Waals surface area contributed by atoms with Crippen LogP contribution >= 0.6 is 11.6 Å². The summed E-state index contributed by atoms with van der Waals surface area (Å²) in [6, 6.07) is 21.5. The van der Waals surface area contributed by atoms with Crippen molar-refractivity contribution < 1.29 is 17.6 Å². The Labute approximate surface area is 189 Å². The highest BCUT2D eigenvalue weighted by Gasteiger charge is 2.18. The van der Waals surface area contributed by atoms with Crippen LogP contribution in [-0.4, -0.2) is 20.0 Å². The van der Waals surface area contributed by atoms with Crippen LogP contribution in [0.1, 0.15) is 23.0 Å². The molecule has 0 spiro atoms. The Morgan fingerprint density at radius 3 is 2.50 bits per heavy atom. The summed E-state index contributed by atoms with van der Waals surface area (Å²) in [4.78, 5) is 12.5. The predicted octanol–water partition coefficient (Wildman–Crippen LogP) is 5.04. The molecule has 0 radical (unpaired) electrons. The van der Waals surface area contributed by atoms with Crippen LogP contribution in [0.2, 0.25) is 5.02 Å². The number of benzene rings is 3. The third kappa shape index (κ3) is 4.66. The van der Waals surface area contributed by atoms with E-state index in [2.05, 4.69) is 15.2 Å². The van der Waals surface area contributed by atoms with Crippen LogP contribution in [0.5, 0.6) is 0 Å². The average Bonchev–Trinajstić information content (AvgIpc) is 3.23. The van der Waals surface area contributed by atoms with Gasteiger partial charge < -0.3 is 4.42 Å². The molecule has 0 aliphatic carbocycles. The molecule has 0 aliphatic heterocycles. The van der Waals surface area contributed by atoms with Gasteiger partial charge in [-0.05, 0) is 49.4 Å². The van der Waals surface area contributed by atoms with E-state index < -0.39 is 15.9 Å². The van der Waals surface area contributed by atoms with Crippen LogP contribution in [0.15, 0.2) is 93.3 Å². The molecule has 32 heavy (non-hydrogen) atoms. The molecule has 4 aromatic rings. The highest BCUT2D eigenvalue weighted by Crippen LogP contribution is 2.24. The van der Waals surface area contributed by atoms with Crippen LogP contribution in [0.25, 0.3) is 11.0 Å². The molecule has 0 atom stereocenters. The second kappa shape index (κ2) is 8.86. The molecule has 0 unspecified atom stereocenters. The molecule has 7 nitrogen and oxygen atoms in total. The van der Waals surface area contributed by atoms with E-state index in [1.807, 2.05) is 30.3 Å². The number of para-hydroxylation sites is 2. The molecule has 2 N–H and O–H groups in total. The van der Waals surface area contributed by atoms with Gasteiger partial charge in [-0.2, -0.15) is 5.10 Å². The van der Waals surface area contributed by atoms with E-state index in [1.165, 1.54) is 24.3 Å². The van der Waals surface area contributed by atoms with Crippen molar-refractivity contribution in [2.24, 2.45) is 5.10 Å². The summed E-state index contributed by atoms with van der Waals surface area (Å²) in [5.74, 6) is -0.0398. The number of anilines is 1. The number of amides is 1. The number of nitrogens with zero attached hydrogens (tertiary/aromatic N) is 1. The zero-order chi connectivity index (χ0) is 22.7. The van der Waals surface area contributed by atoms with E-state index in [0.29, 0.717) is 17.1 Å². The van der Waals surface area contributed by atoms with Crippen LogP contribution < -0.4 is 10.1 Å². The number of carbonyl (C=O) groups excluding carboxylic acids is 1. The Kier molecular flexibility index (Phi) is 5.98. The molecule has 0 saturated carbocycles. The minimum absolute atomic E-state index is 0.0805. The molecule has 0 bridgehead atoms. The largest absolute Gasteiger partial charge is 0.455 e. The standard InChI is InChI=1S/C23H18ClN3O4S/c1-15(22-14-16-7-2-5-12-21(16)31-22)25-26-23(28)17-8-6-9-18(13-17)32(29,30)27-20-11-4-3-10-19(20)24/h2-14,27H,1H3,(H,26,28). The molecular weight excluding hydrogens is 450 g/mol. The lowest BCUT2D eigenvalue weighted by atomic mass is 10.2. The molecule has 162 valence electrons. The zero-order valence-electron chi connectivity index (χ0n) is 16.9. The third-order valence-corrected chi connectivity index (χ3v) is 6.32. The number of halogens is 1. The first-order valence-corrected chi connectivity index (χ1v) is 11.4. The van der Waals surface area contributed by atoms with E-state index in [1.54, 1.807) is 31.2 Å². The van der Waals surface area contributed by atoms with E-state index in [9.17, 15) is 13.2 Å². The lowest BCUT2D eigenvalue weighted by Crippen LogP contribution is -2.20. The molecule has 0 fully saturated rings. The van der Waals surface area contributed by atoms with Gasteiger partial charge in [-0.25, -0.2) is 13.8 Å². The summed E-state index contributed by atoms with van der Waals surface area (Å²) < 4.78 is 33.6. The number of furan rings is 1. The minimum Gasteiger partial charge on any atom is -0.455 e. The number of hydrazone groups is 1. The van der Waals surface area contributed by atoms with Gasteiger partial charge in [-0.3, -0.25) is 9.52 Å². The molecule has 9 heteroatoms. The molecule has 1 aromatic heterocycles. The number of sulfonamides is 1. The van der Waals surface area contributed by atoms with Crippen molar-refractivity contribution in [2.45, 2.75) is 11.8 Å². The fourth-order valence-electron chi connectivity index (χ4n) is 2.97. The van der Waals surface area contributed by atoms with Crippen LogP contribution in [0.4, 0.5) is 5.69 Å². The van der Waals surface area contributed by atoms with Crippen molar-refractivity contribution in [1.82, 2.24) is 5.43 Å². The molecule has 1 heterocycles. The average molecular weight is 468 g/mol. The van der Waals surface area contributed by atoms with Gasteiger partial charge >= 0.3 is 0 Å². The van der Waals surface area contributed by atoms with E-state index in [-0.39, 0.29) is 21.2 Å². The number of nitrogens with one attached hydrogen (secondary N) is 2. The van der Waals surface area contributed by atoms with Crippen LogP contribution in [0.3, 0.4) is 0 Å².